The molecule has 0 spiro atoms. The van der Waals surface area contributed by atoms with Crippen LogP contribution in [0.5, 0.6) is 0 Å². The summed E-state index contributed by atoms with van der Waals surface area (Å²) in [7, 11) is 0. The third-order valence-electron chi connectivity index (χ3n) is 3.19. The first-order chi connectivity index (χ1) is 10.0. The molecule has 3 rings (SSSR count). The first-order valence-corrected chi connectivity index (χ1v) is 7.02. The van der Waals surface area contributed by atoms with Gasteiger partial charge in [-0.15, -0.1) is 0 Å². The summed E-state index contributed by atoms with van der Waals surface area (Å²) >= 11 is 0. The van der Waals surface area contributed by atoms with Gasteiger partial charge in [0, 0.05) is 17.5 Å². The molecule has 0 aliphatic heterocycles. The van der Waals surface area contributed by atoms with Crippen molar-refractivity contribution in [2.45, 2.75) is 32.9 Å². The van der Waals surface area contributed by atoms with Crippen molar-refractivity contribution in [3.8, 4) is 5.82 Å². The minimum atomic E-state index is 0.0680. The molecule has 0 saturated heterocycles. The van der Waals surface area contributed by atoms with Crippen molar-refractivity contribution in [2.24, 2.45) is 0 Å². The van der Waals surface area contributed by atoms with E-state index in [1.54, 1.807) is 12.4 Å². The van der Waals surface area contributed by atoms with Crippen molar-refractivity contribution in [1.29, 1.82) is 0 Å². The van der Waals surface area contributed by atoms with Gasteiger partial charge in [-0.25, -0.2) is 9.67 Å². The van der Waals surface area contributed by atoms with Crippen LogP contribution >= 0.6 is 0 Å². The van der Waals surface area contributed by atoms with Crippen molar-refractivity contribution >= 4 is 10.9 Å². The lowest BCUT2D eigenvalue weighted by atomic mass is 10.1. The number of hydrogen-bond acceptors (Lipinski definition) is 4. The topological polar surface area (TPSA) is 55.6 Å². The van der Waals surface area contributed by atoms with Gasteiger partial charge < -0.3 is 5.32 Å². The van der Waals surface area contributed by atoms with Crippen molar-refractivity contribution in [1.82, 2.24) is 25.1 Å². The molecule has 0 fully saturated rings. The Hall–Kier alpha value is -2.27. The van der Waals surface area contributed by atoms with Gasteiger partial charge in [-0.3, -0.25) is 4.98 Å². The number of benzene rings is 1. The SMILES string of the molecule is CC(C)(C)NCc1cnc(-n2ncc3ccccc32)cn1. The Morgan fingerprint density at radius 1 is 1.05 bits per heavy atom. The second kappa shape index (κ2) is 5.26. The summed E-state index contributed by atoms with van der Waals surface area (Å²) in [5.74, 6) is 0.732. The summed E-state index contributed by atoms with van der Waals surface area (Å²) in [5.41, 5.74) is 2.02. The molecule has 0 saturated carbocycles. The molecule has 0 aliphatic rings. The minimum Gasteiger partial charge on any atom is -0.306 e. The lowest BCUT2D eigenvalue weighted by Crippen LogP contribution is -2.35. The number of nitrogens with zero attached hydrogens (tertiary/aromatic N) is 4. The maximum atomic E-state index is 4.47. The lowest BCUT2D eigenvalue weighted by Gasteiger charge is -2.19. The zero-order valence-electron chi connectivity index (χ0n) is 12.5. The third kappa shape index (κ3) is 3.08. The smallest absolute Gasteiger partial charge is 0.172 e. The van der Waals surface area contributed by atoms with Crippen molar-refractivity contribution in [3.63, 3.8) is 0 Å². The molecule has 5 nitrogen and oxygen atoms in total. The Morgan fingerprint density at radius 2 is 1.86 bits per heavy atom. The fraction of sp³-hybridized carbons (Fsp3) is 0.312. The Morgan fingerprint density at radius 3 is 2.57 bits per heavy atom. The molecule has 0 amide bonds. The lowest BCUT2D eigenvalue weighted by molar-refractivity contribution is 0.421. The van der Waals surface area contributed by atoms with E-state index in [2.05, 4.69) is 41.2 Å². The molecule has 108 valence electrons. The predicted molar refractivity (Wildman–Crippen MR) is 83.3 cm³/mol. The Labute approximate surface area is 124 Å². The van der Waals surface area contributed by atoms with E-state index in [0.717, 1.165) is 22.4 Å². The van der Waals surface area contributed by atoms with Crippen molar-refractivity contribution < 1.29 is 0 Å². The fourth-order valence-corrected chi connectivity index (χ4v) is 2.06. The number of para-hydroxylation sites is 1. The zero-order valence-corrected chi connectivity index (χ0v) is 12.5. The quantitative estimate of drug-likeness (QED) is 0.802. The number of aromatic nitrogens is 4. The maximum Gasteiger partial charge on any atom is 0.172 e. The van der Waals surface area contributed by atoms with E-state index in [1.807, 2.05) is 35.1 Å². The minimum absolute atomic E-state index is 0.0680. The van der Waals surface area contributed by atoms with Crippen molar-refractivity contribution in [3.05, 3.63) is 48.5 Å². The predicted octanol–water partition coefficient (Wildman–Crippen LogP) is 2.70. The Balaban J connectivity index is 1.84. The maximum absolute atomic E-state index is 4.47. The van der Waals surface area contributed by atoms with Gasteiger partial charge in [-0.05, 0) is 26.8 Å². The van der Waals surface area contributed by atoms with Gasteiger partial charge in [0.25, 0.3) is 0 Å². The number of fused-ring (bicyclic) bond motifs is 1. The molecule has 2 heterocycles. The second-order valence-electron chi connectivity index (χ2n) is 6.08. The van der Waals surface area contributed by atoms with Crippen LogP contribution < -0.4 is 5.32 Å². The summed E-state index contributed by atoms with van der Waals surface area (Å²) in [4.78, 5) is 8.93. The summed E-state index contributed by atoms with van der Waals surface area (Å²) in [6.45, 7) is 7.09. The van der Waals surface area contributed by atoms with Gasteiger partial charge in [0.15, 0.2) is 5.82 Å². The summed E-state index contributed by atoms with van der Waals surface area (Å²) in [6.07, 6.45) is 5.40. The molecule has 2 aromatic heterocycles. The molecule has 1 N–H and O–H groups in total. The fourth-order valence-electron chi connectivity index (χ4n) is 2.06. The van der Waals surface area contributed by atoms with Crippen LogP contribution in [-0.4, -0.2) is 25.3 Å². The highest BCUT2D eigenvalue weighted by Gasteiger charge is 2.10. The molecule has 5 heteroatoms. The van der Waals surface area contributed by atoms with Crippen LogP contribution in [0.4, 0.5) is 0 Å². The van der Waals surface area contributed by atoms with E-state index >= 15 is 0 Å². The molecule has 21 heavy (non-hydrogen) atoms. The Bertz CT molecular complexity index is 737. The average Bonchev–Trinajstić information content (AvgIpc) is 2.89. The molecule has 0 bridgehead atoms. The van der Waals surface area contributed by atoms with E-state index in [0.29, 0.717) is 6.54 Å². The van der Waals surface area contributed by atoms with Gasteiger partial charge in [0.1, 0.15) is 0 Å². The van der Waals surface area contributed by atoms with Crippen LogP contribution in [0, 0.1) is 0 Å². The molecular weight excluding hydrogens is 262 g/mol. The van der Waals surface area contributed by atoms with Crippen LogP contribution in [0.3, 0.4) is 0 Å². The first-order valence-electron chi connectivity index (χ1n) is 7.02. The normalized spacial score (nSPS) is 12.0. The number of hydrogen-bond donors (Lipinski definition) is 1. The summed E-state index contributed by atoms with van der Waals surface area (Å²) < 4.78 is 1.81. The highest BCUT2D eigenvalue weighted by atomic mass is 15.3. The molecule has 0 radical (unpaired) electrons. The zero-order chi connectivity index (χ0) is 14.9. The number of rotatable bonds is 3. The second-order valence-corrected chi connectivity index (χ2v) is 6.08. The van der Waals surface area contributed by atoms with E-state index in [-0.39, 0.29) is 5.54 Å². The van der Waals surface area contributed by atoms with Crippen LogP contribution in [0.25, 0.3) is 16.7 Å². The van der Waals surface area contributed by atoms with Crippen LogP contribution in [0.1, 0.15) is 26.5 Å². The summed E-state index contributed by atoms with van der Waals surface area (Å²) in [6, 6.07) is 8.06. The number of nitrogens with one attached hydrogen (secondary N) is 1. The molecule has 1 aromatic carbocycles. The molecule has 0 aliphatic carbocycles. The van der Waals surface area contributed by atoms with Crippen LogP contribution in [0.15, 0.2) is 42.9 Å². The average molecular weight is 281 g/mol. The van der Waals surface area contributed by atoms with Gasteiger partial charge >= 0.3 is 0 Å². The van der Waals surface area contributed by atoms with E-state index in [1.165, 1.54) is 0 Å². The third-order valence-corrected chi connectivity index (χ3v) is 3.19. The first kappa shape index (κ1) is 13.7. The molecular formula is C16H19N5. The molecule has 0 atom stereocenters. The Kier molecular flexibility index (Phi) is 3.43. The van der Waals surface area contributed by atoms with Gasteiger partial charge in [-0.2, -0.15) is 5.10 Å². The van der Waals surface area contributed by atoms with E-state index < -0.39 is 0 Å². The highest BCUT2D eigenvalue weighted by Crippen LogP contribution is 2.16. The monoisotopic (exact) mass is 281 g/mol. The largest absolute Gasteiger partial charge is 0.306 e. The van der Waals surface area contributed by atoms with Crippen molar-refractivity contribution in [2.75, 3.05) is 0 Å². The van der Waals surface area contributed by atoms with Crippen LogP contribution in [0.2, 0.25) is 0 Å². The van der Waals surface area contributed by atoms with Gasteiger partial charge in [0.05, 0.1) is 29.8 Å². The van der Waals surface area contributed by atoms with E-state index in [4.69, 9.17) is 0 Å². The van der Waals surface area contributed by atoms with Gasteiger partial charge in [0.2, 0.25) is 0 Å². The molecule has 0 unspecified atom stereocenters. The molecule has 3 aromatic rings. The summed E-state index contributed by atoms with van der Waals surface area (Å²) in [5, 5.41) is 8.87. The van der Waals surface area contributed by atoms with Gasteiger partial charge in [-0.1, -0.05) is 18.2 Å². The van der Waals surface area contributed by atoms with E-state index in [9.17, 15) is 0 Å². The standard InChI is InChI=1S/C16H19N5/c1-16(2,3)19-10-13-9-18-15(11-17-13)21-14-7-5-4-6-12(14)8-20-21/h4-9,11,19H,10H2,1-3H3. The van der Waals surface area contributed by atoms with Crippen LogP contribution in [-0.2, 0) is 6.54 Å². The highest BCUT2D eigenvalue weighted by molar-refractivity contribution is 5.79.